The van der Waals surface area contributed by atoms with Crippen LogP contribution in [0.25, 0.3) is 0 Å². The van der Waals surface area contributed by atoms with Gasteiger partial charge in [0, 0.05) is 11.9 Å². The van der Waals surface area contributed by atoms with Crippen LogP contribution in [0.15, 0.2) is 24.3 Å². The van der Waals surface area contributed by atoms with E-state index >= 15 is 0 Å². The average molecular weight is 370 g/mol. The van der Waals surface area contributed by atoms with Crippen LogP contribution < -0.4 is 16.4 Å². The molecular formula is C14H19Cl2F2N3O2. The highest BCUT2D eigenvalue weighted by atomic mass is 35.5. The molecule has 0 aliphatic rings. The van der Waals surface area contributed by atoms with Crippen molar-refractivity contribution in [1.29, 1.82) is 0 Å². The minimum absolute atomic E-state index is 0. The number of halogens is 4. The molecule has 0 aliphatic heterocycles. The van der Waals surface area contributed by atoms with Crippen LogP contribution in [0.5, 0.6) is 0 Å². The Hall–Kier alpha value is -1.44. The number of carbonyl (C=O) groups is 2. The first-order valence-corrected chi connectivity index (χ1v) is 6.98. The van der Waals surface area contributed by atoms with Gasteiger partial charge in [0.15, 0.2) is 0 Å². The van der Waals surface area contributed by atoms with E-state index in [2.05, 4.69) is 10.6 Å². The molecule has 23 heavy (non-hydrogen) atoms. The van der Waals surface area contributed by atoms with Crippen LogP contribution in [0.3, 0.4) is 0 Å². The van der Waals surface area contributed by atoms with Crippen LogP contribution >= 0.6 is 24.0 Å². The van der Waals surface area contributed by atoms with Crippen molar-refractivity contribution in [2.75, 3.05) is 13.1 Å². The summed E-state index contributed by atoms with van der Waals surface area (Å²) in [5, 5.41) is 5.23. The van der Waals surface area contributed by atoms with Gasteiger partial charge in [-0.15, -0.1) is 12.4 Å². The second-order valence-corrected chi connectivity index (χ2v) is 5.28. The Labute approximate surface area is 144 Å². The van der Waals surface area contributed by atoms with Gasteiger partial charge in [-0.3, -0.25) is 9.59 Å². The summed E-state index contributed by atoms with van der Waals surface area (Å²) in [7, 11) is 0. The van der Waals surface area contributed by atoms with Gasteiger partial charge in [-0.25, -0.2) is 8.78 Å². The van der Waals surface area contributed by atoms with E-state index in [0.29, 0.717) is 10.6 Å². The van der Waals surface area contributed by atoms with E-state index < -0.39 is 31.0 Å². The molecule has 0 fully saturated rings. The van der Waals surface area contributed by atoms with Crippen LogP contribution in [-0.2, 0) is 9.59 Å². The third-order valence-electron chi connectivity index (χ3n) is 2.88. The molecule has 1 rings (SSSR count). The van der Waals surface area contributed by atoms with Crippen molar-refractivity contribution < 1.29 is 18.4 Å². The van der Waals surface area contributed by atoms with E-state index in [1.807, 2.05) is 0 Å². The molecule has 0 bridgehead atoms. The fraction of sp³-hybridized carbons (Fsp3) is 0.429. The molecule has 9 heteroatoms. The highest BCUT2D eigenvalue weighted by Crippen LogP contribution is 2.19. The van der Waals surface area contributed by atoms with Gasteiger partial charge >= 0.3 is 0 Å². The summed E-state index contributed by atoms with van der Waals surface area (Å²) >= 11 is 5.78. The average Bonchev–Trinajstić information content (AvgIpc) is 2.45. The van der Waals surface area contributed by atoms with Crippen LogP contribution in [-0.4, -0.2) is 30.8 Å². The Morgan fingerprint density at radius 2 is 1.87 bits per heavy atom. The minimum Gasteiger partial charge on any atom is -0.350 e. The summed E-state index contributed by atoms with van der Waals surface area (Å²) in [6.07, 6.45) is -0.165. The summed E-state index contributed by atoms with van der Waals surface area (Å²) in [6.45, 7) is -0.376. The van der Waals surface area contributed by atoms with E-state index in [1.54, 1.807) is 24.3 Å². The van der Waals surface area contributed by atoms with Gasteiger partial charge in [-0.1, -0.05) is 23.7 Å². The molecule has 4 N–H and O–H groups in total. The van der Waals surface area contributed by atoms with Crippen molar-refractivity contribution >= 4 is 35.8 Å². The first kappa shape index (κ1) is 21.6. The lowest BCUT2D eigenvalue weighted by Crippen LogP contribution is -2.42. The Kier molecular flexibility index (Phi) is 9.04. The third-order valence-corrected chi connectivity index (χ3v) is 3.13. The molecule has 0 aromatic heterocycles. The second-order valence-electron chi connectivity index (χ2n) is 4.85. The Balaban J connectivity index is 0.00000484. The maximum atomic E-state index is 13.0. The number of amides is 2. The van der Waals surface area contributed by atoms with E-state index in [0.717, 1.165) is 0 Å². The van der Waals surface area contributed by atoms with E-state index in [4.69, 9.17) is 17.3 Å². The Morgan fingerprint density at radius 1 is 1.30 bits per heavy atom. The number of rotatable bonds is 7. The summed E-state index contributed by atoms with van der Waals surface area (Å²) in [5.41, 5.74) is 5.55. The quantitative estimate of drug-likeness (QED) is 0.687. The summed E-state index contributed by atoms with van der Waals surface area (Å²) in [6, 6.07) is 5.93. The SMILES string of the molecule is CC(=O)NC(CC(=O)NCC(F)(F)CN)c1ccc(Cl)cc1.Cl. The summed E-state index contributed by atoms with van der Waals surface area (Å²) in [4.78, 5) is 23.0. The molecule has 0 heterocycles. The second kappa shape index (κ2) is 9.64. The zero-order valence-electron chi connectivity index (χ0n) is 12.4. The predicted octanol–water partition coefficient (Wildman–Crippen LogP) is 2.04. The zero-order valence-corrected chi connectivity index (χ0v) is 14.0. The molecule has 0 spiro atoms. The van der Waals surface area contributed by atoms with Gasteiger partial charge in [0.2, 0.25) is 11.8 Å². The minimum atomic E-state index is -3.15. The van der Waals surface area contributed by atoms with Gasteiger partial charge in [-0.2, -0.15) is 0 Å². The topological polar surface area (TPSA) is 84.2 Å². The molecule has 2 amide bonds. The molecule has 1 atom stereocenters. The maximum absolute atomic E-state index is 13.0. The molecular weight excluding hydrogens is 351 g/mol. The number of hydrogen-bond donors (Lipinski definition) is 3. The van der Waals surface area contributed by atoms with Crippen LogP contribution in [0.1, 0.15) is 24.9 Å². The van der Waals surface area contributed by atoms with Crippen molar-refractivity contribution in [3.63, 3.8) is 0 Å². The van der Waals surface area contributed by atoms with E-state index in [9.17, 15) is 18.4 Å². The van der Waals surface area contributed by atoms with Gasteiger partial charge in [-0.05, 0) is 17.7 Å². The largest absolute Gasteiger partial charge is 0.350 e. The number of benzene rings is 1. The van der Waals surface area contributed by atoms with Crippen molar-refractivity contribution in [2.45, 2.75) is 25.3 Å². The number of alkyl halides is 2. The molecule has 130 valence electrons. The molecule has 5 nitrogen and oxygen atoms in total. The molecule has 0 aliphatic carbocycles. The van der Waals surface area contributed by atoms with E-state index in [1.165, 1.54) is 6.92 Å². The fourth-order valence-electron chi connectivity index (χ4n) is 1.75. The molecule has 0 radical (unpaired) electrons. The highest BCUT2D eigenvalue weighted by Gasteiger charge is 2.27. The Morgan fingerprint density at radius 3 is 2.35 bits per heavy atom. The Bertz CT molecular complexity index is 527. The molecule has 0 saturated heterocycles. The molecule has 1 unspecified atom stereocenters. The van der Waals surface area contributed by atoms with Crippen LogP contribution in [0, 0.1) is 0 Å². The summed E-state index contributed by atoms with van der Waals surface area (Å²) < 4.78 is 26.0. The monoisotopic (exact) mass is 369 g/mol. The fourth-order valence-corrected chi connectivity index (χ4v) is 1.88. The van der Waals surface area contributed by atoms with Gasteiger partial charge in [0.1, 0.15) is 0 Å². The van der Waals surface area contributed by atoms with Gasteiger partial charge in [0.25, 0.3) is 5.92 Å². The van der Waals surface area contributed by atoms with Crippen molar-refractivity contribution in [2.24, 2.45) is 5.73 Å². The lowest BCUT2D eigenvalue weighted by Gasteiger charge is -2.19. The van der Waals surface area contributed by atoms with Gasteiger partial charge in [0.05, 0.1) is 25.6 Å². The van der Waals surface area contributed by atoms with Crippen LogP contribution in [0.2, 0.25) is 5.02 Å². The number of nitrogens with one attached hydrogen (secondary N) is 2. The maximum Gasteiger partial charge on any atom is 0.277 e. The number of hydrogen-bond acceptors (Lipinski definition) is 3. The van der Waals surface area contributed by atoms with Crippen molar-refractivity contribution in [3.05, 3.63) is 34.9 Å². The van der Waals surface area contributed by atoms with Crippen LogP contribution in [0.4, 0.5) is 8.78 Å². The number of carbonyl (C=O) groups excluding carboxylic acids is 2. The molecule has 1 aromatic rings. The predicted molar refractivity (Wildman–Crippen MR) is 86.9 cm³/mol. The normalized spacial score (nSPS) is 12.0. The van der Waals surface area contributed by atoms with E-state index in [-0.39, 0.29) is 24.7 Å². The van der Waals surface area contributed by atoms with Crippen molar-refractivity contribution in [1.82, 2.24) is 10.6 Å². The zero-order chi connectivity index (χ0) is 16.8. The first-order chi connectivity index (χ1) is 10.2. The molecule has 1 aromatic carbocycles. The lowest BCUT2D eigenvalue weighted by atomic mass is 10.0. The number of nitrogens with two attached hydrogens (primary N) is 1. The van der Waals surface area contributed by atoms with Crippen molar-refractivity contribution in [3.8, 4) is 0 Å². The molecule has 0 saturated carbocycles. The third kappa shape index (κ3) is 8.11. The smallest absolute Gasteiger partial charge is 0.277 e. The summed E-state index contributed by atoms with van der Waals surface area (Å²) in [5.74, 6) is -4.10. The first-order valence-electron chi connectivity index (χ1n) is 6.60. The highest BCUT2D eigenvalue weighted by molar-refractivity contribution is 6.30. The standard InChI is InChI=1S/C14H18ClF2N3O2.ClH/c1-9(21)20-12(10-2-4-11(15)5-3-10)6-13(22)19-8-14(16,17)7-18;/h2-5,12H,6-8,18H2,1H3,(H,19,22)(H,20,21);1H. The van der Waals surface area contributed by atoms with Gasteiger partial charge < -0.3 is 16.4 Å². The lowest BCUT2D eigenvalue weighted by molar-refractivity contribution is -0.124.